The van der Waals surface area contributed by atoms with Crippen molar-refractivity contribution in [3.05, 3.63) is 75.8 Å². The first-order valence-electron chi connectivity index (χ1n) is 9.42. The number of pyridine rings is 1. The highest BCUT2D eigenvalue weighted by atomic mass is 79.9. The molecule has 4 aromatic rings. The average molecular weight is 469 g/mol. The number of nitrogens with two attached hydrogens (primary N) is 1. The summed E-state index contributed by atoms with van der Waals surface area (Å²) in [7, 11) is 0. The lowest BCUT2D eigenvalue weighted by atomic mass is 10.1. The zero-order valence-electron chi connectivity index (χ0n) is 15.7. The Morgan fingerprint density at radius 1 is 1.24 bits per heavy atom. The largest absolute Gasteiger partial charge is 0.347 e. The van der Waals surface area contributed by atoms with Crippen LogP contribution in [0.3, 0.4) is 0 Å². The molecule has 0 bridgehead atoms. The lowest BCUT2D eigenvalue weighted by Crippen LogP contribution is -2.40. The molecule has 0 fully saturated rings. The number of fused-ring (bicyclic) bond motifs is 1. The van der Waals surface area contributed by atoms with Crippen LogP contribution in [0.2, 0.25) is 0 Å². The average Bonchev–Trinajstić information content (AvgIpc) is 3.38. The minimum absolute atomic E-state index is 0.0654. The number of carbonyl (C=O) groups excluding carboxylic acids is 1. The van der Waals surface area contributed by atoms with Crippen LogP contribution in [0.1, 0.15) is 21.7 Å². The summed E-state index contributed by atoms with van der Waals surface area (Å²) in [5.74, 6) is -0.0927. The van der Waals surface area contributed by atoms with E-state index in [1.54, 1.807) is 6.20 Å². The van der Waals surface area contributed by atoms with E-state index in [2.05, 4.69) is 43.3 Å². The number of benzene rings is 1. The first-order chi connectivity index (χ1) is 14.2. The maximum Gasteiger partial charge on any atom is 0.261 e. The van der Waals surface area contributed by atoms with Crippen LogP contribution in [0.5, 0.6) is 0 Å². The number of H-pyrrole nitrogens is 1. The maximum absolute atomic E-state index is 12.8. The second-order valence-electron chi connectivity index (χ2n) is 6.82. The van der Waals surface area contributed by atoms with Crippen molar-refractivity contribution in [1.82, 2.24) is 15.3 Å². The van der Waals surface area contributed by atoms with Crippen molar-refractivity contribution in [1.29, 1.82) is 0 Å². The lowest BCUT2D eigenvalue weighted by Gasteiger charge is -2.16. The number of rotatable bonds is 7. The van der Waals surface area contributed by atoms with Gasteiger partial charge < -0.3 is 16.0 Å². The summed E-state index contributed by atoms with van der Waals surface area (Å²) in [6.07, 6.45) is 5.33. The van der Waals surface area contributed by atoms with Crippen molar-refractivity contribution in [3.63, 3.8) is 0 Å². The van der Waals surface area contributed by atoms with Crippen molar-refractivity contribution in [2.75, 3.05) is 6.54 Å². The Bertz CT molecular complexity index is 1120. The second-order valence-corrected chi connectivity index (χ2v) is 8.72. The van der Waals surface area contributed by atoms with Gasteiger partial charge in [0.2, 0.25) is 0 Å². The molecular formula is C22H21BrN4OS. The third kappa shape index (κ3) is 4.42. The van der Waals surface area contributed by atoms with Crippen molar-refractivity contribution in [3.8, 4) is 10.4 Å². The molecule has 7 heteroatoms. The molecule has 3 heterocycles. The standard InChI is InChI=1S/C22H21BrN4OS/c23-18-12-19(29-20(18)16-8-10-25-21-17(16)9-11-26-21)22(28)27-15(13-24)7-6-14-4-2-1-3-5-14/h1-5,8-12,15H,6-7,13,24H2,(H,25,26)(H,27,28). The summed E-state index contributed by atoms with van der Waals surface area (Å²) in [5, 5.41) is 4.12. The molecule has 148 valence electrons. The quantitative estimate of drug-likeness (QED) is 0.366. The van der Waals surface area contributed by atoms with Gasteiger partial charge in [-0.05, 0) is 52.5 Å². The Morgan fingerprint density at radius 2 is 2.07 bits per heavy atom. The zero-order valence-corrected chi connectivity index (χ0v) is 18.1. The molecule has 0 saturated carbocycles. The number of halogens is 1. The van der Waals surface area contributed by atoms with Crippen molar-refractivity contribution >= 4 is 44.2 Å². The minimum atomic E-state index is -0.0927. The molecule has 0 aliphatic heterocycles. The van der Waals surface area contributed by atoms with Crippen molar-refractivity contribution in [2.24, 2.45) is 5.73 Å². The highest BCUT2D eigenvalue weighted by molar-refractivity contribution is 9.10. The molecular weight excluding hydrogens is 448 g/mol. The molecule has 0 aliphatic carbocycles. The Balaban J connectivity index is 1.49. The molecule has 1 aromatic carbocycles. The van der Waals surface area contributed by atoms with Crippen LogP contribution in [0, 0.1) is 0 Å². The van der Waals surface area contributed by atoms with Gasteiger partial charge in [-0.2, -0.15) is 0 Å². The molecule has 1 atom stereocenters. The van der Waals surface area contributed by atoms with E-state index < -0.39 is 0 Å². The van der Waals surface area contributed by atoms with Gasteiger partial charge in [0.05, 0.1) is 9.75 Å². The van der Waals surface area contributed by atoms with E-state index in [1.165, 1.54) is 16.9 Å². The van der Waals surface area contributed by atoms with E-state index in [9.17, 15) is 4.79 Å². The topological polar surface area (TPSA) is 83.8 Å². The number of carbonyl (C=O) groups is 1. The fourth-order valence-electron chi connectivity index (χ4n) is 3.31. The van der Waals surface area contributed by atoms with Gasteiger partial charge in [-0.25, -0.2) is 4.98 Å². The number of aryl methyl sites for hydroxylation is 1. The number of hydrogen-bond acceptors (Lipinski definition) is 4. The van der Waals surface area contributed by atoms with Crippen molar-refractivity contribution in [2.45, 2.75) is 18.9 Å². The number of thiophene rings is 1. The van der Waals surface area contributed by atoms with Crippen LogP contribution in [-0.2, 0) is 6.42 Å². The Morgan fingerprint density at radius 3 is 2.86 bits per heavy atom. The summed E-state index contributed by atoms with van der Waals surface area (Å²) in [5.41, 5.74) is 9.03. The van der Waals surface area contributed by atoms with E-state index in [-0.39, 0.29) is 11.9 Å². The summed E-state index contributed by atoms with van der Waals surface area (Å²) < 4.78 is 0.898. The van der Waals surface area contributed by atoms with Gasteiger partial charge in [-0.15, -0.1) is 11.3 Å². The van der Waals surface area contributed by atoms with Gasteiger partial charge in [-0.1, -0.05) is 30.3 Å². The molecule has 4 rings (SSSR count). The molecule has 0 spiro atoms. The highest BCUT2D eigenvalue weighted by Gasteiger charge is 2.19. The number of amides is 1. The summed E-state index contributed by atoms with van der Waals surface area (Å²) >= 11 is 5.08. The molecule has 3 aromatic heterocycles. The molecule has 5 nitrogen and oxygen atoms in total. The number of aromatic nitrogens is 2. The Kier molecular flexibility index (Phi) is 6.08. The normalized spacial score (nSPS) is 12.2. The summed E-state index contributed by atoms with van der Waals surface area (Å²) in [4.78, 5) is 22.0. The molecule has 29 heavy (non-hydrogen) atoms. The van der Waals surface area contributed by atoms with E-state index in [1.807, 2.05) is 42.6 Å². The number of aromatic amines is 1. The van der Waals surface area contributed by atoms with Crippen LogP contribution >= 0.6 is 27.3 Å². The predicted octanol–water partition coefficient (Wildman–Crippen LogP) is 4.74. The third-order valence-corrected chi connectivity index (χ3v) is 6.91. The van der Waals surface area contributed by atoms with E-state index in [0.717, 1.165) is 38.8 Å². The van der Waals surface area contributed by atoms with Crippen LogP contribution in [-0.4, -0.2) is 28.5 Å². The van der Waals surface area contributed by atoms with Gasteiger partial charge in [0.1, 0.15) is 5.65 Å². The van der Waals surface area contributed by atoms with Gasteiger partial charge in [-0.3, -0.25) is 4.79 Å². The van der Waals surface area contributed by atoms with Crippen molar-refractivity contribution < 1.29 is 4.79 Å². The van der Waals surface area contributed by atoms with Gasteiger partial charge in [0.15, 0.2) is 0 Å². The summed E-state index contributed by atoms with van der Waals surface area (Å²) in [6.45, 7) is 0.409. The zero-order chi connectivity index (χ0) is 20.2. The van der Waals surface area contributed by atoms with E-state index in [4.69, 9.17) is 5.73 Å². The molecule has 1 unspecified atom stereocenters. The Hall–Kier alpha value is -2.48. The Labute approximate surface area is 181 Å². The highest BCUT2D eigenvalue weighted by Crippen LogP contribution is 2.39. The predicted molar refractivity (Wildman–Crippen MR) is 122 cm³/mol. The minimum Gasteiger partial charge on any atom is -0.347 e. The molecule has 0 radical (unpaired) electrons. The number of hydrogen-bond donors (Lipinski definition) is 3. The smallest absolute Gasteiger partial charge is 0.261 e. The van der Waals surface area contributed by atoms with Crippen LogP contribution in [0.15, 0.2) is 65.4 Å². The maximum atomic E-state index is 12.8. The number of nitrogens with one attached hydrogen (secondary N) is 2. The lowest BCUT2D eigenvalue weighted by molar-refractivity contribution is 0.0940. The molecule has 0 saturated heterocycles. The molecule has 1 amide bonds. The third-order valence-electron chi connectivity index (χ3n) is 4.86. The van der Waals surface area contributed by atoms with Gasteiger partial charge in [0.25, 0.3) is 5.91 Å². The van der Waals surface area contributed by atoms with Gasteiger partial charge in [0, 0.05) is 40.4 Å². The first kappa shape index (κ1) is 19.8. The summed E-state index contributed by atoms with van der Waals surface area (Å²) in [6, 6.07) is 16.0. The fraction of sp³-hybridized carbons (Fsp3) is 0.182. The molecule has 0 aliphatic rings. The van der Waals surface area contributed by atoms with Gasteiger partial charge >= 0.3 is 0 Å². The van der Waals surface area contributed by atoms with Crippen LogP contribution < -0.4 is 11.1 Å². The fourth-order valence-corrected chi connectivity index (χ4v) is 5.14. The van der Waals surface area contributed by atoms with E-state index >= 15 is 0 Å². The van der Waals surface area contributed by atoms with Crippen LogP contribution in [0.25, 0.3) is 21.5 Å². The first-order valence-corrected chi connectivity index (χ1v) is 11.0. The van der Waals surface area contributed by atoms with Crippen LogP contribution in [0.4, 0.5) is 0 Å². The number of nitrogens with zero attached hydrogens (tertiary/aromatic N) is 1. The van der Waals surface area contributed by atoms with E-state index in [0.29, 0.717) is 11.4 Å². The molecule has 4 N–H and O–H groups in total. The SMILES string of the molecule is NCC(CCc1ccccc1)NC(=O)c1cc(Br)c(-c2ccnc3[nH]ccc23)s1. The second kappa shape index (κ2) is 8.90. The monoisotopic (exact) mass is 468 g/mol.